The first-order valence-corrected chi connectivity index (χ1v) is 8.57. The van der Waals surface area contributed by atoms with Gasteiger partial charge in [-0.15, -0.1) is 0 Å². The molecule has 0 amide bonds. The molecule has 1 saturated carbocycles. The first-order chi connectivity index (χ1) is 9.95. The molecule has 0 N–H and O–H groups in total. The highest BCUT2D eigenvalue weighted by molar-refractivity contribution is 5.13. The van der Waals surface area contributed by atoms with Crippen LogP contribution in [-0.4, -0.2) is 23.0 Å². The summed E-state index contributed by atoms with van der Waals surface area (Å²) < 4.78 is 0. The maximum Gasteiger partial charge on any atom is 0.0335 e. The Bertz CT molecular complexity index is 418. The lowest BCUT2D eigenvalue weighted by atomic mass is 9.68. The topological polar surface area (TPSA) is 16.1 Å². The van der Waals surface area contributed by atoms with E-state index in [1.165, 1.54) is 37.7 Å². The van der Waals surface area contributed by atoms with Gasteiger partial charge in [-0.05, 0) is 62.6 Å². The molecule has 0 aliphatic heterocycles. The van der Waals surface area contributed by atoms with E-state index < -0.39 is 0 Å². The van der Waals surface area contributed by atoms with E-state index in [-0.39, 0.29) is 0 Å². The smallest absolute Gasteiger partial charge is 0.0335 e. The average Bonchev–Trinajstić information content (AvgIpc) is 2.54. The summed E-state index contributed by atoms with van der Waals surface area (Å²) in [5, 5.41) is 0. The molecule has 0 aromatic carbocycles. The second-order valence-electron chi connectivity index (χ2n) is 7.48. The summed E-state index contributed by atoms with van der Waals surface area (Å²) in [6.07, 6.45) is 10.6. The van der Waals surface area contributed by atoms with Gasteiger partial charge < -0.3 is 0 Å². The highest BCUT2D eigenvalue weighted by atomic mass is 15.2. The van der Waals surface area contributed by atoms with Gasteiger partial charge in [0.25, 0.3) is 0 Å². The van der Waals surface area contributed by atoms with Crippen LogP contribution in [0.15, 0.2) is 24.5 Å². The maximum atomic E-state index is 4.26. The number of nitrogens with zero attached hydrogens (tertiary/aromatic N) is 2. The van der Waals surface area contributed by atoms with Gasteiger partial charge in [-0.25, -0.2) is 0 Å². The van der Waals surface area contributed by atoms with E-state index in [2.05, 4.69) is 50.7 Å². The molecule has 118 valence electrons. The molecule has 21 heavy (non-hydrogen) atoms. The third-order valence-electron chi connectivity index (χ3n) is 6.07. The van der Waals surface area contributed by atoms with Crippen molar-refractivity contribution < 1.29 is 0 Å². The fourth-order valence-electron chi connectivity index (χ4n) is 3.73. The van der Waals surface area contributed by atoms with Crippen LogP contribution in [0.1, 0.15) is 71.4 Å². The number of hydrogen-bond donors (Lipinski definition) is 0. The molecule has 1 unspecified atom stereocenters. The minimum absolute atomic E-state index is 0.458. The zero-order valence-electron chi connectivity index (χ0n) is 14.5. The lowest BCUT2D eigenvalue weighted by Gasteiger charge is -2.42. The van der Waals surface area contributed by atoms with Crippen LogP contribution in [0, 0.1) is 11.3 Å². The predicted octanol–water partition coefficient (Wildman–Crippen LogP) is 5.07. The Hall–Kier alpha value is -0.890. The molecule has 2 nitrogen and oxygen atoms in total. The van der Waals surface area contributed by atoms with E-state index in [0.29, 0.717) is 11.5 Å². The molecule has 1 aromatic rings. The minimum atomic E-state index is 0.458. The summed E-state index contributed by atoms with van der Waals surface area (Å²) in [7, 11) is 2.29. The SMILES string of the molecule is CCC(C)(C)C1CCC(N(C)C(C)c2cccnc2)CC1. The fraction of sp³-hybridized carbons (Fsp3) is 0.737. The van der Waals surface area contributed by atoms with Crippen molar-refractivity contribution in [1.82, 2.24) is 9.88 Å². The highest BCUT2D eigenvalue weighted by Crippen LogP contribution is 2.42. The van der Waals surface area contributed by atoms with E-state index >= 15 is 0 Å². The summed E-state index contributed by atoms with van der Waals surface area (Å²) >= 11 is 0. The molecule has 2 rings (SSSR count). The van der Waals surface area contributed by atoms with Crippen molar-refractivity contribution in [3.05, 3.63) is 30.1 Å². The van der Waals surface area contributed by atoms with Gasteiger partial charge in [-0.2, -0.15) is 0 Å². The second kappa shape index (κ2) is 6.91. The van der Waals surface area contributed by atoms with Gasteiger partial charge in [-0.1, -0.05) is 33.3 Å². The van der Waals surface area contributed by atoms with Gasteiger partial charge in [0.05, 0.1) is 0 Å². The van der Waals surface area contributed by atoms with E-state index in [1.807, 2.05) is 18.5 Å². The maximum absolute atomic E-state index is 4.26. The average molecular weight is 288 g/mol. The quantitative estimate of drug-likeness (QED) is 0.752. The molecule has 1 fully saturated rings. The Morgan fingerprint density at radius 3 is 2.48 bits per heavy atom. The molecule has 0 bridgehead atoms. The Morgan fingerprint density at radius 2 is 1.95 bits per heavy atom. The molecule has 0 spiro atoms. The molecular weight excluding hydrogens is 256 g/mol. The van der Waals surface area contributed by atoms with Gasteiger partial charge in [0, 0.05) is 24.5 Å². The van der Waals surface area contributed by atoms with Crippen molar-refractivity contribution in [2.24, 2.45) is 11.3 Å². The fourth-order valence-corrected chi connectivity index (χ4v) is 3.73. The molecule has 1 heterocycles. The third-order valence-corrected chi connectivity index (χ3v) is 6.07. The van der Waals surface area contributed by atoms with Gasteiger partial charge in [0.1, 0.15) is 0 Å². The summed E-state index contributed by atoms with van der Waals surface area (Å²) in [4.78, 5) is 6.82. The van der Waals surface area contributed by atoms with E-state index in [1.54, 1.807) is 0 Å². The lowest BCUT2D eigenvalue weighted by molar-refractivity contribution is 0.0806. The zero-order chi connectivity index (χ0) is 15.5. The molecular formula is C19H32N2. The number of hydrogen-bond acceptors (Lipinski definition) is 2. The largest absolute Gasteiger partial charge is 0.297 e. The molecule has 1 aromatic heterocycles. The predicted molar refractivity (Wildman–Crippen MR) is 90.2 cm³/mol. The first kappa shape index (κ1) is 16.5. The van der Waals surface area contributed by atoms with Crippen molar-refractivity contribution >= 4 is 0 Å². The number of rotatable bonds is 5. The minimum Gasteiger partial charge on any atom is -0.297 e. The highest BCUT2D eigenvalue weighted by Gasteiger charge is 2.33. The van der Waals surface area contributed by atoms with Gasteiger partial charge in [0.2, 0.25) is 0 Å². The summed E-state index contributed by atoms with van der Waals surface area (Å²) in [5.74, 6) is 0.904. The van der Waals surface area contributed by atoms with Crippen molar-refractivity contribution in [2.45, 2.75) is 71.9 Å². The Labute approximate surface area is 131 Å². The Balaban J connectivity index is 1.93. The van der Waals surface area contributed by atoms with Crippen molar-refractivity contribution in [2.75, 3.05) is 7.05 Å². The van der Waals surface area contributed by atoms with Crippen LogP contribution in [0.4, 0.5) is 0 Å². The van der Waals surface area contributed by atoms with Crippen LogP contribution in [0.3, 0.4) is 0 Å². The van der Waals surface area contributed by atoms with E-state index in [4.69, 9.17) is 0 Å². The summed E-state index contributed by atoms with van der Waals surface area (Å²) in [6, 6.07) is 5.42. The molecule has 1 aliphatic rings. The van der Waals surface area contributed by atoms with Crippen LogP contribution in [-0.2, 0) is 0 Å². The van der Waals surface area contributed by atoms with Crippen LogP contribution < -0.4 is 0 Å². The van der Waals surface area contributed by atoms with Crippen LogP contribution >= 0.6 is 0 Å². The van der Waals surface area contributed by atoms with Crippen molar-refractivity contribution in [3.8, 4) is 0 Å². The van der Waals surface area contributed by atoms with Gasteiger partial charge in [0.15, 0.2) is 0 Å². The van der Waals surface area contributed by atoms with Crippen LogP contribution in [0.2, 0.25) is 0 Å². The van der Waals surface area contributed by atoms with Gasteiger partial charge in [-0.3, -0.25) is 9.88 Å². The van der Waals surface area contributed by atoms with Gasteiger partial charge >= 0.3 is 0 Å². The number of pyridine rings is 1. The van der Waals surface area contributed by atoms with Crippen LogP contribution in [0.25, 0.3) is 0 Å². The van der Waals surface area contributed by atoms with Crippen LogP contribution in [0.5, 0.6) is 0 Å². The molecule has 1 aliphatic carbocycles. The molecule has 0 radical (unpaired) electrons. The lowest BCUT2D eigenvalue weighted by Crippen LogP contribution is -2.39. The molecule has 0 saturated heterocycles. The standard InChI is InChI=1S/C19H32N2/c1-6-19(3,4)17-9-11-18(12-10-17)21(5)15(2)16-8-7-13-20-14-16/h7-8,13-15,17-18H,6,9-12H2,1-5H3. The number of aromatic nitrogens is 1. The normalized spacial score (nSPS) is 25.0. The third kappa shape index (κ3) is 3.85. The second-order valence-corrected chi connectivity index (χ2v) is 7.48. The molecule has 1 atom stereocenters. The monoisotopic (exact) mass is 288 g/mol. The Kier molecular flexibility index (Phi) is 5.43. The van der Waals surface area contributed by atoms with E-state index in [0.717, 1.165) is 12.0 Å². The zero-order valence-corrected chi connectivity index (χ0v) is 14.5. The summed E-state index contributed by atoms with van der Waals surface area (Å²) in [6.45, 7) is 9.53. The Morgan fingerprint density at radius 1 is 1.29 bits per heavy atom. The van der Waals surface area contributed by atoms with Crippen molar-refractivity contribution in [1.29, 1.82) is 0 Å². The summed E-state index contributed by atoms with van der Waals surface area (Å²) in [5.41, 5.74) is 1.84. The van der Waals surface area contributed by atoms with E-state index in [9.17, 15) is 0 Å². The molecule has 2 heteroatoms. The first-order valence-electron chi connectivity index (χ1n) is 8.57. The van der Waals surface area contributed by atoms with Crippen molar-refractivity contribution in [3.63, 3.8) is 0 Å².